The van der Waals surface area contributed by atoms with E-state index in [1.165, 1.54) is 17.8 Å². The number of rotatable bonds is 3. The lowest BCUT2D eigenvalue weighted by Gasteiger charge is -2.08. The van der Waals surface area contributed by atoms with Crippen molar-refractivity contribution in [2.24, 2.45) is 0 Å². The molecule has 5 heteroatoms. The lowest BCUT2D eigenvalue weighted by atomic mass is 10.2. The molecule has 2 rings (SSSR count). The fraction of sp³-hybridized carbons (Fsp3) is 0.182. The van der Waals surface area contributed by atoms with E-state index < -0.39 is 0 Å². The normalized spacial score (nSPS) is 10.9. The van der Waals surface area contributed by atoms with E-state index in [0.717, 1.165) is 5.39 Å². The average molecular weight is 238 g/mol. The Morgan fingerprint density at radius 3 is 3.06 bits per heavy atom. The van der Waals surface area contributed by atoms with Crippen LogP contribution in [0.4, 0.5) is 10.1 Å². The minimum absolute atomic E-state index is 0.00279. The predicted molar refractivity (Wildman–Crippen MR) is 63.9 cm³/mol. The molecule has 0 bridgehead atoms. The largest absolute Gasteiger partial charge is 0.398 e. The molecular weight excluding hydrogens is 227 g/mol. The summed E-state index contributed by atoms with van der Waals surface area (Å²) in [5.41, 5.74) is 6.65. The van der Waals surface area contributed by atoms with Gasteiger partial charge in [-0.15, -0.1) is 11.8 Å². The first-order valence-corrected chi connectivity index (χ1v) is 5.79. The zero-order chi connectivity index (χ0) is 11.5. The number of fused-ring (bicyclic) bond motifs is 1. The Morgan fingerprint density at radius 1 is 1.50 bits per heavy atom. The molecule has 0 spiro atoms. The number of nitrogens with two attached hydrogens (primary N) is 1. The first kappa shape index (κ1) is 11.2. The fourth-order valence-corrected chi connectivity index (χ4v) is 2.29. The summed E-state index contributed by atoms with van der Waals surface area (Å²) in [7, 11) is 0. The Hall–Kier alpha value is -1.33. The van der Waals surface area contributed by atoms with Crippen LogP contribution < -0.4 is 5.73 Å². The highest BCUT2D eigenvalue weighted by Gasteiger charge is 2.11. The van der Waals surface area contributed by atoms with Crippen molar-refractivity contribution in [3.05, 3.63) is 30.2 Å². The number of halogens is 1. The summed E-state index contributed by atoms with van der Waals surface area (Å²) in [6.07, 6.45) is 1.60. The smallest absolute Gasteiger partial charge is 0.141 e. The molecule has 0 atom stereocenters. The molecule has 0 aliphatic heterocycles. The van der Waals surface area contributed by atoms with Crippen LogP contribution in [-0.4, -0.2) is 22.5 Å². The van der Waals surface area contributed by atoms with Crippen molar-refractivity contribution in [1.29, 1.82) is 0 Å². The molecule has 1 aromatic carbocycles. The molecule has 1 aromatic heterocycles. The molecule has 16 heavy (non-hydrogen) atoms. The van der Waals surface area contributed by atoms with Crippen molar-refractivity contribution in [2.75, 3.05) is 18.1 Å². The van der Waals surface area contributed by atoms with Crippen LogP contribution in [-0.2, 0) is 0 Å². The standard InChI is InChI=1S/C11H11FN2OS/c12-8-6-9(13)7-2-1-3-14-10(7)11(8)16-5-4-15/h1-3,6,15H,4-5,13H2. The third-order valence-electron chi connectivity index (χ3n) is 2.17. The van der Waals surface area contributed by atoms with Gasteiger partial charge in [0.05, 0.1) is 17.0 Å². The van der Waals surface area contributed by atoms with Crippen LogP contribution in [0.2, 0.25) is 0 Å². The fourth-order valence-electron chi connectivity index (χ4n) is 1.50. The van der Waals surface area contributed by atoms with E-state index in [1.54, 1.807) is 18.3 Å². The Labute approximate surface area is 96.5 Å². The third-order valence-corrected chi connectivity index (χ3v) is 3.23. The van der Waals surface area contributed by atoms with E-state index in [2.05, 4.69) is 4.98 Å². The summed E-state index contributed by atoms with van der Waals surface area (Å²) in [6, 6.07) is 4.86. The summed E-state index contributed by atoms with van der Waals surface area (Å²) >= 11 is 1.24. The van der Waals surface area contributed by atoms with Crippen LogP contribution in [0, 0.1) is 5.82 Å². The quantitative estimate of drug-likeness (QED) is 0.634. The number of hydrogen-bond acceptors (Lipinski definition) is 4. The van der Waals surface area contributed by atoms with Crippen LogP contribution in [0.25, 0.3) is 10.9 Å². The number of aromatic nitrogens is 1. The van der Waals surface area contributed by atoms with Crippen molar-refractivity contribution < 1.29 is 9.50 Å². The number of thioether (sulfide) groups is 1. The van der Waals surface area contributed by atoms with Gasteiger partial charge in [0.15, 0.2) is 0 Å². The van der Waals surface area contributed by atoms with Crippen molar-refractivity contribution in [2.45, 2.75) is 4.90 Å². The SMILES string of the molecule is Nc1cc(F)c(SCCO)c2ncccc12. The topological polar surface area (TPSA) is 59.1 Å². The van der Waals surface area contributed by atoms with Crippen LogP contribution in [0.5, 0.6) is 0 Å². The molecule has 0 radical (unpaired) electrons. The zero-order valence-corrected chi connectivity index (χ0v) is 9.30. The third kappa shape index (κ3) is 1.96. The lowest BCUT2D eigenvalue weighted by molar-refractivity contribution is 0.322. The van der Waals surface area contributed by atoms with Crippen LogP contribution in [0.3, 0.4) is 0 Å². The molecule has 84 valence electrons. The van der Waals surface area contributed by atoms with Gasteiger partial charge in [0.2, 0.25) is 0 Å². The number of hydrogen-bond donors (Lipinski definition) is 2. The molecule has 0 fully saturated rings. The van der Waals surface area contributed by atoms with E-state index in [0.29, 0.717) is 21.9 Å². The Kier molecular flexibility index (Phi) is 3.26. The average Bonchev–Trinajstić information content (AvgIpc) is 2.29. The summed E-state index contributed by atoms with van der Waals surface area (Å²) in [4.78, 5) is 4.58. The van der Waals surface area contributed by atoms with Crippen LogP contribution >= 0.6 is 11.8 Å². The second kappa shape index (κ2) is 4.67. The van der Waals surface area contributed by atoms with Gasteiger partial charge < -0.3 is 10.8 Å². The van der Waals surface area contributed by atoms with Gasteiger partial charge >= 0.3 is 0 Å². The van der Waals surface area contributed by atoms with Gasteiger partial charge in [-0.25, -0.2) is 4.39 Å². The molecule has 0 saturated heterocycles. The van der Waals surface area contributed by atoms with Gasteiger partial charge in [0, 0.05) is 23.0 Å². The number of aliphatic hydroxyl groups excluding tert-OH is 1. The van der Waals surface area contributed by atoms with Gasteiger partial charge in [-0.05, 0) is 18.2 Å². The second-order valence-electron chi connectivity index (χ2n) is 3.25. The minimum atomic E-state index is -0.387. The summed E-state index contributed by atoms with van der Waals surface area (Å²) in [5, 5.41) is 9.50. The number of nitrogen functional groups attached to an aromatic ring is 1. The first-order valence-electron chi connectivity index (χ1n) is 4.80. The Bertz CT molecular complexity index is 519. The molecule has 0 unspecified atom stereocenters. The second-order valence-corrected chi connectivity index (χ2v) is 4.35. The maximum atomic E-state index is 13.7. The highest BCUT2D eigenvalue weighted by Crippen LogP contribution is 2.32. The number of anilines is 1. The summed E-state index contributed by atoms with van der Waals surface area (Å²) in [5.74, 6) is 0.0501. The van der Waals surface area contributed by atoms with Gasteiger partial charge in [0.1, 0.15) is 5.82 Å². The molecule has 0 aliphatic rings. The van der Waals surface area contributed by atoms with Crippen molar-refractivity contribution in [3.8, 4) is 0 Å². The predicted octanol–water partition coefficient (Wildman–Crippen LogP) is 2.04. The van der Waals surface area contributed by atoms with E-state index in [9.17, 15) is 4.39 Å². The molecule has 0 saturated carbocycles. The van der Waals surface area contributed by atoms with Gasteiger partial charge in [0.25, 0.3) is 0 Å². The van der Waals surface area contributed by atoms with E-state index >= 15 is 0 Å². The summed E-state index contributed by atoms with van der Waals surface area (Å²) in [6.45, 7) is 0.00279. The minimum Gasteiger partial charge on any atom is -0.398 e. The van der Waals surface area contributed by atoms with Gasteiger partial charge in [-0.3, -0.25) is 4.98 Å². The van der Waals surface area contributed by atoms with Crippen molar-refractivity contribution >= 4 is 28.4 Å². The van der Waals surface area contributed by atoms with Crippen molar-refractivity contribution in [3.63, 3.8) is 0 Å². The monoisotopic (exact) mass is 238 g/mol. The highest BCUT2D eigenvalue weighted by atomic mass is 32.2. The molecule has 3 nitrogen and oxygen atoms in total. The first-order chi connectivity index (χ1) is 7.74. The molecular formula is C11H11FN2OS. The highest BCUT2D eigenvalue weighted by molar-refractivity contribution is 7.99. The van der Waals surface area contributed by atoms with E-state index in [-0.39, 0.29) is 12.4 Å². The zero-order valence-electron chi connectivity index (χ0n) is 8.48. The number of nitrogens with zero attached hydrogens (tertiary/aromatic N) is 1. The number of benzene rings is 1. The Balaban J connectivity index is 2.61. The number of pyridine rings is 1. The van der Waals surface area contributed by atoms with Gasteiger partial charge in [-0.2, -0.15) is 0 Å². The maximum absolute atomic E-state index is 13.7. The van der Waals surface area contributed by atoms with Crippen LogP contribution in [0.15, 0.2) is 29.3 Å². The molecule has 3 N–H and O–H groups in total. The summed E-state index contributed by atoms with van der Waals surface area (Å²) < 4.78 is 13.7. The van der Waals surface area contributed by atoms with Crippen molar-refractivity contribution in [1.82, 2.24) is 4.98 Å². The van der Waals surface area contributed by atoms with Crippen LogP contribution in [0.1, 0.15) is 0 Å². The maximum Gasteiger partial charge on any atom is 0.141 e. The number of aliphatic hydroxyl groups is 1. The molecule has 0 aliphatic carbocycles. The lowest BCUT2D eigenvalue weighted by Crippen LogP contribution is -1.95. The van der Waals surface area contributed by atoms with E-state index in [1.807, 2.05) is 0 Å². The molecule has 0 amide bonds. The van der Waals surface area contributed by atoms with Gasteiger partial charge in [-0.1, -0.05) is 0 Å². The van der Waals surface area contributed by atoms with E-state index in [4.69, 9.17) is 10.8 Å². The molecule has 1 heterocycles. The molecule has 2 aromatic rings. The Morgan fingerprint density at radius 2 is 2.31 bits per heavy atom.